The van der Waals surface area contributed by atoms with E-state index in [-0.39, 0.29) is 17.9 Å². The van der Waals surface area contributed by atoms with Gasteiger partial charge in [0.15, 0.2) is 0 Å². The van der Waals surface area contributed by atoms with Gasteiger partial charge in [-0.05, 0) is 25.0 Å². The van der Waals surface area contributed by atoms with Crippen LogP contribution in [0.1, 0.15) is 32.1 Å². The molecular formula is C20H31N3O2. The highest BCUT2D eigenvalue weighted by Gasteiger charge is 2.23. The summed E-state index contributed by atoms with van der Waals surface area (Å²) in [7, 11) is 0. The molecule has 1 aliphatic carbocycles. The third kappa shape index (κ3) is 5.44. The van der Waals surface area contributed by atoms with Crippen LogP contribution in [0, 0.1) is 5.92 Å². The Labute approximate surface area is 151 Å². The zero-order valence-corrected chi connectivity index (χ0v) is 15.1. The van der Waals surface area contributed by atoms with Crippen molar-refractivity contribution in [1.29, 1.82) is 0 Å². The maximum atomic E-state index is 12.1. The van der Waals surface area contributed by atoms with Crippen molar-refractivity contribution in [2.24, 2.45) is 5.92 Å². The summed E-state index contributed by atoms with van der Waals surface area (Å²) in [6.45, 7) is 5.48. The van der Waals surface area contributed by atoms with E-state index in [9.17, 15) is 9.90 Å². The van der Waals surface area contributed by atoms with Crippen LogP contribution in [-0.4, -0.2) is 61.3 Å². The molecule has 5 nitrogen and oxygen atoms in total. The van der Waals surface area contributed by atoms with Crippen LogP contribution in [0.25, 0.3) is 0 Å². The number of amides is 1. The third-order valence-corrected chi connectivity index (χ3v) is 5.58. The summed E-state index contributed by atoms with van der Waals surface area (Å²) in [5.74, 6) is 0.357. The second-order valence-corrected chi connectivity index (χ2v) is 7.33. The zero-order chi connectivity index (χ0) is 17.5. The van der Waals surface area contributed by atoms with Gasteiger partial charge in [-0.15, -0.1) is 0 Å². The molecule has 1 heterocycles. The van der Waals surface area contributed by atoms with Crippen molar-refractivity contribution in [2.45, 2.75) is 38.2 Å². The standard InChI is InChI=1S/C20H31N3O2/c24-19-9-5-4-6-17(19)16-21-20(25)10-11-22-12-14-23(15-13-22)18-7-2-1-3-8-18/h1-3,7-8,17,19,24H,4-6,9-16H2,(H,21,25)/t17-,19-/m0/s1. The van der Waals surface area contributed by atoms with Gasteiger partial charge in [-0.25, -0.2) is 0 Å². The zero-order valence-electron chi connectivity index (χ0n) is 15.1. The second kappa shape index (κ2) is 9.20. The second-order valence-electron chi connectivity index (χ2n) is 7.33. The van der Waals surface area contributed by atoms with E-state index < -0.39 is 0 Å². The molecule has 5 heteroatoms. The topological polar surface area (TPSA) is 55.8 Å². The molecule has 0 radical (unpaired) electrons. The predicted octanol–water partition coefficient (Wildman–Crippen LogP) is 1.87. The van der Waals surface area contributed by atoms with Crippen LogP contribution in [0.3, 0.4) is 0 Å². The first kappa shape index (κ1) is 18.2. The van der Waals surface area contributed by atoms with E-state index in [4.69, 9.17) is 0 Å². The molecule has 1 saturated heterocycles. The summed E-state index contributed by atoms with van der Waals surface area (Å²) in [5.41, 5.74) is 1.28. The smallest absolute Gasteiger partial charge is 0.221 e. The van der Waals surface area contributed by atoms with Gasteiger partial charge in [-0.1, -0.05) is 31.0 Å². The van der Waals surface area contributed by atoms with Crippen LogP contribution < -0.4 is 10.2 Å². The van der Waals surface area contributed by atoms with Crippen LogP contribution in [0.2, 0.25) is 0 Å². The van der Waals surface area contributed by atoms with Crippen LogP contribution in [0.15, 0.2) is 30.3 Å². The Bertz CT molecular complexity index is 529. The first-order valence-electron chi connectivity index (χ1n) is 9.69. The number of rotatable bonds is 6. The quantitative estimate of drug-likeness (QED) is 0.826. The van der Waals surface area contributed by atoms with Crippen molar-refractivity contribution < 1.29 is 9.90 Å². The van der Waals surface area contributed by atoms with E-state index in [2.05, 4.69) is 39.4 Å². The molecule has 25 heavy (non-hydrogen) atoms. The number of piperazine rings is 1. The number of aliphatic hydroxyl groups is 1. The van der Waals surface area contributed by atoms with E-state index in [0.29, 0.717) is 13.0 Å². The molecule has 1 aromatic carbocycles. The van der Waals surface area contributed by atoms with Gasteiger partial charge in [0.2, 0.25) is 5.91 Å². The summed E-state index contributed by atoms with van der Waals surface area (Å²) in [4.78, 5) is 16.9. The maximum absolute atomic E-state index is 12.1. The molecule has 2 aliphatic rings. The molecule has 1 amide bonds. The number of benzene rings is 1. The Hall–Kier alpha value is -1.59. The van der Waals surface area contributed by atoms with Crippen LogP contribution in [0.4, 0.5) is 5.69 Å². The van der Waals surface area contributed by atoms with Crippen molar-refractivity contribution in [2.75, 3.05) is 44.2 Å². The molecule has 2 atom stereocenters. The first-order chi connectivity index (χ1) is 12.2. The number of carbonyl (C=O) groups excluding carboxylic acids is 1. The minimum atomic E-state index is -0.236. The maximum Gasteiger partial charge on any atom is 0.221 e. The van der Waals surface area contributed by atoms with Gasteiger partial charge >= 0.3 is 0 Å². The number of hydrogen-bond donors (Lipinski definition) is 2. The number of hydrogen-bond acceptors (Lipinski definition) is 4. The molecule has 2 fully saturated rings. The van der Waals surface area contributed by atoms with Crippen molar-refractivity contribution in [3.8, 4) is 0 Å². The largest absolute Gasteiger partial charge is 0.393 e. The van der Waals surface area contributed by atoms with Gasteiger partial charge in [0.1, 0.15) is 0 Å². The molecule has 1 saturated carbocycles. The number of anilines is 1. The Balaban J connectivity index is 1.32. The van der Waals surface area contributed by atoms with Crippen LogP contribution >= 0.6 is 0 Å². The average molecular weight is 345 g/mol. The van der Waals surface area contributed by atoms with Crippen molar-refractivity contribution >= 4 is 11.6 Å². The summed E-state index contributed by atoms with van der Waals surface area (Å²) >= 11 is 0. The van der Waals surface area contributed by atoms with Crippen molar-refractivity contribution in [3.63, 3.8) is 0 Å². The van der Waals surface area contributed by atoms with E-state index >= 15 is 0 Å². The summed E-state index contributed by atoms with van der Waals surface area (Å²) in [5, 5.41) is 13.0. The highest BCUT2D eigenvalue weighted by atomic mass is 16.3. The van der Waals surface area contributed by atoms with E-state index in [1.807, 2.05) is 6.07 Å². The fraction of sp³-hybridized carbons (Fsp3) is 0.650. The van der Waals surface area contributed by atoms with Gasteiger partial charge in [0, 0.05) is 57.3 Å². The average Bonchev–Trinajstić information content (AvgIpc) is 2.67. The van der Waals surface area contributed by atoms with Crippen LogP contribution in [0.5, 0.6) is 0 Å². The lowest BCUT2D eigenvalue weighted by Crippen LogP contribution is -2.47. The monoisotopic (exact) mass is 345 g/mol. The number of para-hydroxylation sites is 1. The third-order valence-electron chi connectivity index (χ3n) is 5.58. The number of carbonyl (C=O) groups is 1. The summed E-state index contributed by atoms with van der Waals surface area (Å²) < 4.78 is 0. The van der Waals surface area contributed by atoms with Crippen LogP contribution in [-0.2, 0) is 4.79 Å². The molecule has 138 valence electrons. The van der Waals surface area contributed by atoms with E-state index in [1.54, 1.807) is 0 Å². The van der Waals surface area contributed by atoms with Gasteiger partial charge in [-0.2, -0.15) is 0 Å². The van der Waals surface area contributed by atoms with Gasteiger partial charge < -0.3 is 15.3 Å². The molecule has 1 aromatic rings. The number of nitrogens with zero attached hydrogens (tertiary/aromatic N) is 2. The number of nitrogens with one attached hydrogen (secondary N) is 1. The highest BCUT2D eigenvalue weighted by molar-refractivity contribution is 5.76. The minimum Gasteiger partial charge on any atom is -0.393 e. The Morgan fingerprint density at radius 2 is 1.80 bits per heavy atom. The minimum absolute atomic E-state index is 0.114. The normalized spacial score (nSPS) is 24.9. The lowest BCUT2D eigenvalue weighted by Gasteiger charge is -2.36. The summed E-state index contributed by atoms with van der Waals surface area (Å²) in [6.07, 6.45) is 4.51. The number of aliphatic hydroxyl groups excluding tert-OH is 1. The summed E-state index contributed by atoms with van der Waals surface area (Å²) in [6, 6.07) is 10.5. The lowest BCUT2D eigenvalue weighted by atomic mass is 9.86. The van der Waals surface area contributed by atoms with Gasteiger partial charge in [0.25, 0.3) is 0 Å². The van der Waals surface area contributed by atoms with E-state index in [0.717, 1.165) is 52.0 Å². The molecule has 0 bridgehead atoms. The molecule has 0 spiro atoms. The molecule has 0 aromatic heterocycles. The fourth-order valence-electron chi connectivity index (χ4n) is 3.89. The van der Waals surface area contributed by atoms with Gasteiger partial charge in [0.05, 0.1) is 6.10 Å². The molecular weight excluding hydrogens is 314 g/mol. The SMILES string of the molecule is O=C(CCN1CCN(c2ccccc2)CC1)NC[C@@H]1CCCC[C@@H]1O. The Morgan fingerprint density at radius 3 is 2.52 bits per heavy atom. The van der Waals surface area contributed by atoms with E-state index in [1.165, 1.54) is 12.1 Å². The molecule has 1 aliphatic heterocycles. The van der Waals surface area contributed by atoms with Gasteiger partial charge in [-0.3, -0.25) is 9.69 Å². The Kier molecular flexibility index (Phi) is 6.70. The lowest BCUT2D eigenvalue weighted by molar-refractivity contribution is -0.121. The molecule has 3 rings (SSSR count). The molecule has 2 N–H and O–H groups in total. The highest BCUT2D eigenvalue weighted by Crippen LogP contribution is 2.23. The first-order valence-corrected chi connectivity index (χ1v) is 9.69. The Morgan fingerprint density at radius 1 is 1.08 bits per heavy atom. The molecule has 0 unspecified atom stereocenters. The van der Waals surface area contributed by atoms with Crippen molar-refractivity contribution in [1.82, 2.24) is 10.2 Å². The van der Waals surface area contributed by atoms with Crippen molar-refractivity contribution in [3.05, 3.63) is 30.3 Å². The fourth-order valence-corrected chi connectivity index (χ4v) is 3.89. The predicted molar refractivity (Wildman–Crippen MR) is 101 cm³/mol.